The number of nitrogens with one attached hydrogen (secondary N) is 1. The molecule has 2 aromatic rings. The van der Waals surface area contributed by atoms with Crippen LogP contribution in [0.4, 0.5) is 0 Å². The first kappa shape index (κ1) is 12.9. The molecule has 1 fully saturated rings. The molecule has 0 atom stereocenters. The minimum atomic E-state index is -0.0124. The third-order valence-corrected chi connectivity index (χ3v) is 3.59. The summed E-state index contributed by atoms with van der Waals surface area (Å²) < 4.78 is 0. The van der Waals surface area contributed by atoms with E-state index in [-0.39, 0.29) is 24.5 Å². The number of Topliss-reactive ketones (excluding diaryl/α,β-unsaturated/α-hetero) is 1. The van der Waals surface area contributed by atoms with Gasteiger partial charge in [0.25, 0.3) is 0 Å². The first-order valence-corrected chi connectivity index (χ1v) is 7.04. The lowest BCUT2D eigenvalue weighted by Gasteiger charge is -2.04. The van der Waals surface area contributed by atoms with Gasteiger partial charge < -0.3 is 5.32 Å². The maximum atomic E-state index is 12.1. The molecular formula is C17H17NO2. The Labute approximate surface area is 118 Å². The summed E-state index contributed by atoms with van der Waals surface area (Å²) in [6.07, 6.45) is 2.70. The predicted molar refractivity (Wildman–Crippen MR) is 78.7 cm³/mol. The fraction of sp³-hybridized carbons (Fsp3) is 0.294. The van der Waals surface area contributed by atoms with Crippen LogP contribution in [0.15, 0.2) is 42.5 Å². The van der Waals surface area contributed by atoms with E-state index in [4.69, 9.17) is 0 Å². The summed E-state index contributed by atoms with van der Waals surface area (Å²) >= 11 is 0. The zero-order chi connectivity index (χ0) is 13.9. The SMILES string of the molecule is O=C(CCC(=O)c1ccc2ccccc2c1)NC1CC1. The quantitative estimate of drug-likeness (QED) is 0.846. The standard InChI is InChI=1S/C17H17NO2/c19-16(9-10-17(20)18-15-7-8-15)14-6-5-12-3-1-2-4-13(12)11-14/h1-6,11,15H,7-10H2,(H,18,20). The van der Waals surface area contributed by atoms with Crippen LogP contribution in [0.2, 0.25) is 0 Å². The Bertz CT molecular complexity index is 659. The van der Waals surface area contributed by atoms with E-state index in [9.17, 15) is 9.59 Å². The summed E-state index contributed by atoms with van der Waals surface area (Å²) in [6, 6.07) is 14.0. The molecule has 1 aliphatic rings. The molecule has 2 aromatic carbocycles. The van der Waals surface area contributed by atoms with E-state index < -0.39 is 0 Å². The number of amides is 1. The van der Waals surface area contributed by atoms with Gasteiger partial charge in [0.15, 0.2) is 5.78 Å². The van der Waals surface area contributed by atoms with Gasteiger partial charge in [-0.3, -0.25) is 9.59 Å². The third kappa shape index (κ3) is 3.05. The van der Waals surface area contributed by atoms with E-state index in [0.29, 0.717) is 11.6 Å². The van der Waals surface area contributed by atoms with Gasteiger partial charge in [-0.1, -0.05) is 36.4 Å². The number of benzene rings is 2. The van der Waals surface area contributed by atoms with Crippen LogP contribution in [0.5, 0.6) is 0 Å². The van der Waals surface area contributed by atoms with Crippen LogP contribution < -0.4 is 5.32 Å². The molecule has 1 N–H and O–H groups in total. The Kier molecular flexibility index (Phi) is 3.50. The molecule has 3 rings (SSSR count). The summed E-state index contributed by atoms with van der Waals surface area (Å²) in [5.74, 6) is 0.0170. The van der Waals surface area contributed by atoms with Crippen LogP contribution in [0.25, 0.3) is 10.8 Å². The summed E-state index contributed by atoms with van der Waals surface area (Å²) in [6.45, 7) is 0. The second-order valence-corrected chi connectivity index (χ2v) is 5.33. The highest BCUT2D eigenvalue weighted by atomic mass is 16.2. The number of hydrogen-bond acceptors (Lipinski definition) is 2. The lowest BCUT2D eigenvalue weighted by atomic mass is 10.0. The van der Waals surface area contributed by atoms with Crippen LogP contribution in [-0.2, 0) is 4.79 Å². The van der Waals surface area contributed by atoms with Crippen molar-refractivity contribution in [3.8, 4) is 0 Å². The number of rotatable bonds is 5. The number of fused-ring (bicyclic) bond motifs is 1. The van der Waals surface area contributed by atoms with Crippen LogP contribution in [0, 0.1) is 0 Å². The second-order valence-electron chi connectivity index (χ2n) is 5.33. The monoisotopic (exact) mass is 267 g/mol. The molecule has 3 nitrogen and oxygen atoms in total. The molecule has 0 unspecified atom stereocenters. The Morgan fingerprint density at radius 2 is 1.75 bits per heavy atom. The van der Waals surface area contributed by atoms with Gasteiger partial charge in [0.2, 0.25) is 5.91 Å². The molecular weight excluding hydrogens is 250 g/mol. The first-order chi connectivity index (χ1) is 9.72. The van der Waals surface area contributed by atoms with Gasteiger partial charge in [0, 0.05) is 24.4 Å². The third-order valence-electron chi connectivity index (χ3n) is 3.59. The molecule has 1 aliphatic carbocycles. The van der Waals surface area contributed by atoms with Crippen molar-refractivity contribution in [3.05, 3.63) is 48.0 Å². The summed E-state index contributed by atoms with van der Waals surface area (Å²) in [4.78, 5) is 23.7. The molecule has 0 saturated heterocycles. The molecule has 0 bridgehead atoms. The molecule has 0 aliphatic heterocycles. The zero-order valence-electron chi connectivity index (χ0n) is 11.3. The van der Waals surface area contributed by atoms with Crippen molar-refractivity contribution in [1.82, 2.24) is 5.32 Å². The van der Waals surface area contributed by atoms with Crippen LogP contribution in [-0.4, -0.2) is 17.7 Å². The molecule has 0 heterocycles. The summed E-state index contributed by atoms with van der Waals surface area (Å²) in [5, 5.41) is 5.08. The highest BCUT2D eigenvalue weighted by Gasteiger charge is 2.23. The van der Waals surface area contributed by atoms with Crippen LogP contribution in [0.1, 0.15) is 36.0 Å². The highest BCUT2D eigenvalue weighted by Crippen LogP contribution is 2.19. The Balaban J connectivity index is 1.63. The maximum absolute atomic E-state index is 12.1. The van der Waals surface area contributed by atoms with Gasteiger partial charge >= 0.3 is 0 Å². The molecule has 20 heavy (non-hydrogen) atoms. The van der Waals surface area contributed by atoms with E-state index in [1.807, 2.05) is 42.5 Å². The van der Waals surface area contributed by atoms with Gasteiger partial charge in [0.1, 0.15) is 0 Å². The average Bonchev–Trinajstić information content (AvgIpc) is 3.28. The molecule has 0 spiro atoms. The van der Waals surface area contributed by atoms with Crippen molar-refractivity contribution in [2.45, 2.75) is 31.7 Å². The molecule has 1 amide bonds. The zero-order valence-corrected chi connectivity index (χ0v) is 11.3. The molecule has 0 radical (unpaired) electrons. The van der Waals surface area contributed by atoms with Gasteiger partial charge in [0.05, 0.1) is 0 Å². The van der Waals surface area contributed by atoms with Crippen LogP contribution >= 0.6 is 0 Å². The van der Waals surface area contributed by atoms with Crippen LogP contribution in [0.3, 0.4) is 0 Å². The van der Waals surface area contributed by atoms with Crippen molar-refractivity contribution in [2.75, 3.05) is 0 Å². The fourth-order valence-corrected chi connectivity index (χ4v) is 2.26. The fourth-order valence-electron chi connectivity index (χ4n) is 2.26. The number of carbonyl (C=O) groups is 2. The van der Waals surface area contributed by atoms with E-state index in [0.717, 1.165) is 23.6 Å². The number of carbonyl (C=O) groups excluding carboxylic acids is 2. The van der Waals surface area contributed by atoms with E-state index in [2.05, 4.69) is 5.32 Å². The topological polar surface area (TPSA) is 46.2 Å². The Morgan fingerprint density at radius 3 is 2.50 bits per heavy atom. The summed E-state index contributed by atoms with van der Waals surface area (Å²) in [7, 11) is 0. The Morgan fingerprint density at radius 1 is 1.00 bits per heavy atom. The van der Waals surface area contributed by atoms with Crippen molar-refractivity contribution in [3.63, 3.8) is 0 Å². The van der Waals surface area contributed by atoms with Gasteiger partial charge in [-0.25, -0.2) is 0 Å². The highest BCUT2D eigenvalue weighted by molar-refractivity contribution is 6.01. The van der Waals surface area contributed by atoms with Crippen molar-refractivity contribution in [1.29, 1.82) is 0 Å². The minimum Gasteiger partial charge on any atom is -0.353 e. The second kappa shape index (κ2) is 5.45. The summed E-state index contributed by atoms with van der Waals surface area (Å²) in [5.41, 5.74) is 0.683. The molecule has 1 saturated carbocycles. The largest absolute Gasteiger partial charge is 0.353 e. The van der Waals surface area contributed by atoms with Gasteiger partial charge in [-0.2, -0.15) is 0 Å². The smallest absolute Gasteiger partial charge is 0.220 e. The normalized spacial score (nSPS) is 14.2. The molecule has 102 valence electrons. The number of hydrogen-bond donors (Lipinski definition) is 1. The van der Waals surface area contributed by atoms with Crippen molar-refractivity contribution in [2.24, 2.45) is 0 Å². The maximum Gasteiger partial charge on any atom is 0.220 e. The minimum absolute atomic E-state index is 0.0124. The van der Waals surface area contributed by atoms with E-state index >= 15 is 0 Å². The average molecular weight is 267 g/mol. The van der Waals surface area contributed by atoms with E-state index in [1.165, 1.54) is 0 Å². The molecule has 0 aromatic heterocycles. The Hall–Kier alpha value is -2.16. The van der Waals surface area contributed by atoms with E-state index in [1.54, 1.807) is 0 Å². The van der Waals surface area contributed by atoms with Crippen molar-refractivity contribution < 1.29 is 9.59 Å². The first-order valence-electron chi connectivity index (χ1n) is 7.04. The lowest BCUT2D eigenvalue weighted by Crippen LogP contribution is -2.25. The lowest BCUT2D eigenvalue weighted by molar-refractivity contribution is -0.121. The number of ketones is 1. The van der Waals surface area contributed by atoms with Crippen molar-refractivity contribution >= 4 is 22.5 Å². The van der Waals surface area contributed by atoms with Gasteiger partial charge in [-0.15, -0.1) is 0 Å². The van der Waals surface area contributed by atoms with Gasteiger partial charge in [-0.05, 0) is 29.7 Å². The molecule has 3 heteroatoms. The predicted octanol–water partition coefficient (Wildman–Crippen LogP) is 3.08.